The molecule has 0 bridgehead atoms. The molecule has 8 nitrogen and oxygen atoms in total. The van der Waals surface area contributed by atoms with Gasteiger partial charge in [0.25, 0.3) is 11.6 Å². The number of amides is 1. The highest BCUT2D eigenvalue weighted by molar-refractivity contribution is 5.95. The van der Waals surface area contributed by atoms with Crippen LogP contribution in [0.1, 0.15) is 21.5 Å². The van der Waals surface area contributed by atoms with Crippen LogP contribution in [0, 0.1) is 10.1 Å². The first-order valence-corrected chi connectivity index (χ1v) is 8.01. The molecule has 2 N–H and O–H groups in total. The Hall–Kier alpha value is -3.29. The summed E-state index contributed by atoms with van der Waals surface area (Å²) >= 11 is 0. The van der Waals surface area contributed by atoms with Crippen molar-refractivity contribution in [2.24, 2.45) is 0 Å². The molecule has 0 radical (unpaired) electrons. The van der Waals surface area contributed by atoms with E-state index in [2.05, 4.69) is 0 Å². The predicted octanol–water partition coefficient (Wildman–Crippen LogP) is 2.39. The van der Waals surface area contributed by atoms with Crippen LogP contribution in [0.4, 0.5) is 11.4 Å². The Morgan fingerprint density at radius 3 is 2.42 bits per heavy atom. The highest BCUT2D eigenvalue weighted by Gasteiger charge is 2.25. The van der Waals surface area contributed by atoms with Crippen LogP contribution in [0.5, 0.6) is 11.5 Å². The average molecular weight is 357 g/mol. The van der Waals surface area contributed by atoms with Gasteiger partial charge in [-0.2, -0.15) is 0 Å². The smallest absolute Gasteiger partial charge is 0.292 e. The van der Waals surface area contributed by atoms with Crippen LogP contribution in [0.3, 0.4) is 0 Å². The van der Waals surface area contributed by atoms with E-state index in [4.69, 9.17) is 15.2 Å². The Labute approximate surface area is 150 Å². The summed E-state index contributed by atoms with van der Waals surface area (Å²) in [6.45, 7) is 0.909. The monoisotopic (exact) mass is 357 g/mol. The van der Waals surface area contributed by atoms with Gasteiger partial charge in [-0.25, -0.2) is 0 Å². The predicted molar refractivity (Wildman–Crippen MR) is 95.5 cm³/mol. The summed E-state index contributed by atoms with van der Waals surface area (Å²) in [6, 6.07) is 7.90. The van der Waals surface area contributed by atoms with E-state index >= 15 is 0 Å². The number of hydrogen-bond donors (Lipinski definition) is 1. The van der Waals surface area contributed by atoms with Crippen LogP contribution >= 0.6 is 0 Å². The van der Waals surface area contributed by atoms with Gasteiger partial charge in [-0.05, 0) is 41.8 Å². The van der Waals surface area contributed by atoms with Gasteiger partial charge in [-0.1, -0.05) is 0 Å². The molecule has 0 unspecified atom stereocenters. The summed E-state index contributed by atoms with van der Waals surface area (Å²) < 4.78 is 10.6. The number of carbonyl (C=O) groups is 1. The number of nitrogen functional groups attached to an aromatic ring is 1. The van der Waals surface area contributed by atoms with E-state index < -0.39 is 4.92 Å². The van der Waals surface area contributed by atoms with E-state index in [9.17, 15) is 14.9 Å². The van der Waals surface area contributed by atoms with Gasteiger partial charge < -0.3 is 20.1 Å². The van der Waals surface area contributed by atoms with Gasteiger partial charge in [-0.15, -0.1) is 0 Å². The van der Waals surface area contributed by atoms with Gasteiger partial charge in [0.1, 0.15) is 5.69 Å². The topological polar surface area (TPSA) is 108 Å². The average Bonchev–Trinajstić information content (AvgIpc) is 2.65. The van der Waals surface area contributed by atoms with Crippen molar-refractivity contribution >= 4 is 17.3 Å². The van der Waals surface area contributed by atoms with Crippen molar-refractivity contribution in [2.45, 2.75) is 13.0 Å². The molecule has 3 rings (SSSR count). The van der Waals surface area contributed by atoms with Crippen LogP contribution in [0.2, 0.25) is 0 Å². The lowest BCUT2D eigenvalue weighted by Gasteiger charge is -2.29. The van der Waals surface area contributed by atoms with Gasteiger partial charge in [0, 0.05) is 24.7 Å². The molecular weight excluding hydrogens is 338 g/mol. The number of rotatable bonds is 4. The fourth-order valence-corrected chi connectivity index (χ4v) is 3.07. The Balaban J connectivity index is 1.88. The molecule has 26 heavy (non-hydrogen) atoms. The number of anilines is 1. The third-order valence-corrected chi connectivity index (χ3v) is 4.48. The van der Waals surface area contributed by atoms with Crippen LogP contribution in [0.25, 0.3) is 0 Å². The van der Waals surface area contributed by atoms with Gasteiger partial charge >= 0.3 is 0 Å². The molecule has 1 amide bonds. The number of carbonyl (C=O) groups excluding carboxylic acids is 1. The van der Waals surface area contributed by atoms with Crippen LogP contribution in [0.15, 0.2) is 30.3 Å². The Morgan fingerprint density at radius 2 is 1.81 bits per heavy atom. The van der Waals surface area contributed by atoms with Crippen molar-refractivity contribution in [3.05, 3.63) is 57.1 Å². The number of ether oxygens (including phenoxy) is 2. The molecule has 0 saturated heterocycles. The maximum absolute atomic E-state index is 12.8. The van der Waals surface area contributed by atoms with Crippen molar-refractivity contribution in [1.82, 2.24) is 4.90 Å². The maximum Gasteiger partial charge on any atom is 0.292 e. The summed E-state index contributed by atoms with van der Waals surface area (Å²) in [7, 11) is 3.14. The van der Waals surface area contributed by atoms with E-state index in [0.29, 0.717) is 31.0 Å². The number of hydrogen-bond acceptors (Lipinski definition) is 6. The molecule has 2 aromatic carbocycles. The lowest BCUT2D eigenvalue weighted by Crippen LogP contribution is -2.36. The van der Waals surface area contributed by atoms with Gasteiger partial charge in [0.05, 0.1) is 19.1 Å². The lowest BCUT2D eigenvalue weighted by atomic mass is 9.98. The zero-order valence-corrected chi connectivity index (χ0v) is 14.5. The zero-order valence-electron chi connectivity index (χ0n) is 14.5. The van der Waals surface area contributed by atoms with E-state index in [-0.39, 0.29) is 22.8 Å². The maximum atomic E-state index is 12.8. The van der Waals surface area contributed by atoms with E-state index in [1.807, 2.05) is 12.1 Å². The molecule has 1 aliphatic rings. The number of methoxy groups -OCH3 is 2. The molecular formula is C18H19N3O5. The van der Waals surface area contributed by atoms with E-state index in [0.717, 1.165) is 11.1 Å². The molecule has 0 atom stereocenters. The number of nitro benzene ring substituents is 1. The molecule has 0 saturated carbocycles. The number of fused-ring (bicyclic) bond motifs is 1. The van der Waals surface area contributed by atoms with Crippen molar-refractivity contribution in [2.75, 3.05) is 26.5 Å². The summed E-state index contributed by atoms with van der Waals surface area (Å²) in [5.41, 5.74) is 7.67. The minimum atomic E-state index is -0.589. The van der Waals surface area contributed by atoms with E-state index in [1.165, 1.54) is 18.2 Å². The van der Waals surface area contributed by atoms with Gasteiger partial charge in [-0.3, -0.25) is 14.9 Å². The third kappa shape index (κ3) is 3.13. The molecule has 1 aliphatic heterocycles. The first-order valence-electron chi connectivity index (χ1n) is 8.01. The molecule has 136 valence electrons. The summed E-state index contributed by atoms with van der Waals surface area (Å²) in [4.78, 5) is 24.9. The Bertz CT molecular complexity index is 881. The first kappa shape index (κ1) is 17.5. The Kier molecular flexibility index (Phi) is 4.66. The fourth-order valence-electron chi connectivity index (χ4n) is 3.07. The van der Waals surface area contributed by atoms with Crippen LogP contribution in [-0.4, -0.2) is 36.5 Å². The molecule has 1 heterocycles. The number of benzene rings is 2. The van der Waals surface area contributed by atoms with Crippen molar-refractivity contribution in [3.8, 4) is 11.5 Å². The fraction of sp³-hybridized carbons (Fsp3) is 0.278. The second kappa shape index (κ2) is 6.91. The third-order valence-electron chi connectivity index (χ3n) is 4.48. The van der Waals surface area contributed by atoms with Gasteiger partial charge in [0.2, 0.25) is 0 Å². The lowest BCUT2D eigenvalue weighted by molar-refractivity contribution is -0.383. The molecule has 8 heteroatoms. The van der Waals surface area contributed by atoms with Gasteiger partial charge in [0.15, 0.2) is 11.5 Å². The summed E-state index contributed by atoms with van der Waals surface area (Å²) in [5.74, 6) is 0.984. The largest absolute Gasteiger partial charge is 0.493 e. The second-order valence-corrected chi connectivity index (χ2v) is 5.98. The molecule has 0 fully saturated rings. The SMILES string of the molecule is COc1cc2c(cc1OC)CN(C(=O)c1ccc(N)c([N+](=O)[O-])c1)CC2. The zero-order chi connectivity index (χ0) is 18.8. The van der Waals surface area contributed by atoms with E-state index in [1.54, 1.807) is 19.1 Å². The molecule has 0 spiro atoms. The Morgan fingerprint density at radius 1 is 1.15 bits per heavy atom. The van der Waals surface area contributed by atoms with Crippen LogP contribution in [-0.2, 0) is 13.0 Å². The minimum absolute atomic E-state index is 0.0346. The highest BCUT2D eigenvalue weighted by atomic mass is 16.6. The highest BCUT2D eigenvalue weighted by Crippen LogP contribution is 2.33. The molecule has 2 aromatic rings. The quantitative estimate of drug-likeness (QED) is 0.511. The van der Waals surface area contributed by atoms with Crippen molar-refractivity contribution in [3.63, 3.8) is 0 Å². The number of nitro groups is 1. The standard InChI is InChI=1S/C18H19N3O5/c1-25-16-8-11-5-6-20(10-13(11)9-17(16)26-2)18(22)12-3-4-14(19)15(7-12)21(23)24/h3-4,7-9H,5-6,10,19H2,1-2H3. The second-order valence-electron chi connectivity index (χ2n) is 5.98. The molecule has 0 aliphatic carbocycles. The number of nitrogens with two attached hydrogens (primary N) is 1. The number of nitrogens with zero attached hydrogens (tertiary/aromatic N) is 2. The summed E-state index contributed by atoms with van der Waals surface area (Å²) in [5, 5.41) is 11.0. The van der Waals surface area contributed by atoms with Crippen molar-refractivity contribution < 1.29 is 19.2 Å². The normalized spacial score (nSPS) is 13.1. The van der Waals surface area contributed by atoms with Crippen molar-refractivity contribution in [1.29, 1.82) is 0 Å². The minimum Gasteiger partial charge on any atom is -0.493 e. The molecule has 0 aromatic heterocycles. The summed E-state index contributed by atoms with van der Waals surface area (Å²) in [6.07, 6.45) is 0.665. The first-order chi connectivity index (χ1) is 12.4. The van der Waals surface area contributed by atoms with Crippen LogP contribution < -0.4 is 15.2 Å².